The van der Waals surface area contributed by atoms with Crippen molar-refractivity contribution in [3.63, 3.8) is 0 Å². The number of nitrogens with one attached hydrogen (secondary N) is 3. The van der Waals surface area contributed by atoms with Crippen LogP contribution >= 0.6 is 0 Å². The summed E-state index contributed by atoms with van der Waals surface area (Å²) in [7, 11) is 1.67. The summed E-state index contributed by atoms with van der Waals surface area (Å²) in [6.07, 6.45) is 1.61. The molecule has 2 aromatic heterocycles. The van der Waals surface area contributed by atoms with Crippen molar-refractivity contribution < 1.29 is 4.74 Å². The summed E-state index contributed by atoms with van der Waals surface area (Å²) in [6, 6.07) is 11.4. The van der Waals surface area contributed by atoms with Crippen LogP contribution in [0.25, 0.3) is 11.0 Å². The van der Waals surface area contributed by atoms with E-state index in [9.17, 15) is 4.79 Å². The van der Waals surface area contributed by atoms with Crippen LogP contribution in [0.5, 0.6) is 0 Å². The van der Waals surface area contributed by atoms with Gasteiger partial charge in [0, 0.05) is 31.2 Å². The minimum atomic E-state index is -0.434. The molecule has 0 fully saturated rings. The normalized spacial score (nSPS) is 10.7. The first-order valence-electron chi connectivity index (χ1n) is 7.21. The van der Waals surface area contributed by atoms with E-state index in [-0.39, 0.29) is 0 Å². The molecule has 0 aliphatic carbocycles. The second-order valence-electron chi connectivity index (χ2n) is 4.91. The molecule has 0 radical (unpaired) electrons. The monoisotopic (exact) mass is 311 g/mol. The average Bonchev–Trinajstić information content (AvgIpc) is 2.56. The maximum atomic E-state index is 11.6. The SMILES string of the molecule is COCCNc1ccc(Nc2[nH]c(=O)nc3ncccc23)cc1. The van der Waals surface area contributed by atoms with Gasteiger partial charge in [0.1, 0.15) is 5.82 Å². The summed E-state index contributed by atoms with van der Waals surface area (Å²) in [6.45, 7) is 1.40. The number of ether oxygens (including phenoxy) is 1. The fourth-order valence-electron chi connectivity index (χ4n) is 2.19. The largest absolute Gasteiger partial charge is 0.383 e. The van der Waals surface area contributed by atoms with Gasteiger partial charge in [-0.05, 0) is 36.4 Å². The molecular formula is C16H17N5O2. The Hall–Kier alpha value is -2.93. The van der Waals surface area contributed by atoms with Crippen molar-refractivity contribution in [2.45, 2.75) is 0 Å². The Kier molecular flexibility index (Phi) is 4.49. The van der Waals surface area contributed by atoms with Gasteiger partial charge in [0.25, 0.3) is 0 Å². The van der Waals surface area contributed by atoms with Gasteiger partial charge in [0.05, 0.1) is 12.0 Å². The first-order chi connectivity index (χ1) is 11.3. The molecule has 2 heterocycles. The van der Waals surface area contributed by atoms with Crippen molar-refractivity contribution in [3.8, 4) is 0 Å². The Morgan fingerprint density at radius 1 is 1.17 bits per heavy atom. The zero-order chi connectivity index (χ0) is 16.1. The number of benzene rings is 1. The highest BCUT2D eigenvalue weighted by Crippen LogP contribution is 2.21. The third-order valence-electron chi connectivity index (χ3n) is 3.28. The van der Waals surface area contributed by atoms with E-state index in [1.807, 2.05) is 30.3 Å². The topological polar surface area (TPSA) is 91.9 Å². The Labute approximate surface area is 132 Å². The summed E-state index contributed by atoms with van der Waals surface area (Å²) in [5.74, 6) is 0.577. The zero-order valence-electron chi connectivity index (χ0n) is 12.7. The fraction of sp³-hybridized carbons (Fsp3) is 0.188. The summed E-state index contributed by atoms with van der Waals surface area (Å²) in [5, 5.41) is 7.20. The van der Waals surface area contributed by atoms with E-state index < -0.39 is 5.69 Å². The van der Waals surface area contributed by atoms with Crippen LogP contribution in [-0.4, -0.2) is 35.2 Å². The van der Waals surface area contributed by atoms with Crippen molar-refractivity contribution in [2.24, 2.45) is 0 Å². The fourth-order valence-corrected chi connectivity index (χ4v) is 2.19. The highest BCUT2D eigenvalue weighted by molar-refractivity contribution is 5.88. The number of H-pyrrole nitrogens is 1. The Bertz CT molecular complexity index is 845. The van der Waals surface area contributed by atoms with Gasteiger partial charge in [0.15, 0.2) is 5.65 Å². The predicted octanol–water partition coefficient (Wildman–Crippen LogP) is 2.12. The van der Waals surface area contributed by atoms with Gasteiger partial charge < -0.3 is 15.4 Å². The molecule has 0 aliphatic rings. The van der Waals surface area contributed by atoms with Crippen LogP contribution in [0.15, 0.2) is 47.4 Å². The molecule has 0 amide bonds. The first kappa shape index (κ1) is 15.0. The van der Waals surface area contributed by atoms with Crippen molar-refractivity contribution in [3.05, 3.63) is 53.1 Å². The number of rotatable bonds is 6. The molecule has 0 saturated carbocycles. The quantitative estimate of drug-likeness (QED) is 0.604. The maximum absolute atomic E-state index is 11.6. The molecule has 0 atom stereocenters. The van der Waals surface area contributed by atoms with E-state index in [0.29, 0.717) is 18.1 Å². The summed E-state index contributed by atoms with van der Waals surface area (Å²) >= 11 is 0. The summed E-state index contributed by atoms with van der Waals surface area (Å²) < 4.78 is 5.00. The zero-order valence-corrected chi connectivity index (χ0v) is 12.7. The van der Waals surface area contributed by atoms with Gasteiger partial charge in [-0.15, -0.1) is 0 Å². The highest BCUT2D eigenvalue weighted by Gasteiger charge is 2.05. The van der Waals surface area contributed by atoms with E-state index in [0.717, 1.165) is 23.3 Å². The lowest BCUT2D eigenvalue weighted by Gasteiger charge is -2.10. The number of anilines is 3. The minimum Gasteiger partial charge on any atom is -0.383 e. The lowest BCUT2D eigenvalue weighted by atomic mass is 10.2. The number of hydrogen-bond acceptors (Lipinski definition) is 6. The smallest absolute Gasteiger partial charge is 0.348 e. The van der Waals surface area contributed by atoms with E-state index >= 15 is 0 Å². The van der Waals surface area contributed by atoms with Gasteiger partial charge in [-0.1, -0.05) is 0 Å². The maximum Gasteiger partial charge on any atom is 0.348 e. The van der Waals surface area contributed by atoms with Crippen molar-refractivity contribution in [1.82, 2.24) is 15.0 Å². The van der Waals surface area contributed by atoms with Gasteiger partial charge >= 0.3 is 5.69 Å². The lowest BCUT2D eigenvalue weighted by molar-refractivity contribution is 0.211. The number of hydrogen-bond donors (Lipinski definition) is 3. The molecular weight excluding hydrogens is 294 g/mol. The molecule has 3 aromatic rings. The molecule has 23 heavy (non-hydrogen) atoms. The van der Waals surface area contributed by atoms with Crippen LogP contribution in [0.1, 0.15) is 0 Å². The molecule has 118 valence electrons. The molecule has 7 nitrogen and oxygen atoms in total. The minimum absolute atomic E-state index is 0.414. The third kappa shape index (κ3) is 3.64. The Morgan fingerprint density at radius 2 is 1.96 bits per heavy atom. The number of nitrogens with zero attached hydrogens (tertiary/aromatic N) is 2. The second kappa shape index (κ2) is 6.89. The van der Waals surface area contributed by atoms with Crippen LogP contribution in [0.2, 0.25) is 0 Å². The van der Waals surface area contributed by atoms with Crippen LogP contribution in [0, 0.1) is 0 Å². The summed E-state index contributed by atoms with van der Waals surface area (Å²) in [5.41, 5.74) is 1.84. The van der Waals surface area contributed by atoms with Crippen molar-refractivity contribution in [2.75, 3.05) is 30.9 Å². The van der Waals surface area contributed by atoms with Crippen LogP contribution < -0.4 is 16.3 Å². The van der Waals surface area contributed by atoms with Crippen LogP contribution in [-0.2, 0) is 4.74 Å². The standard InChI is InChI=1S/C16H17N5O2/c1-23-10-9-17-11-4-6-12(7-5-11)19-15-13-3-2-8-18-14(13)20-16(22)21-15/h2-8,17H,9-10H2,1H3,(H2,18,19,20,21,22). The lowest BCUT2D eigenvalue weighted by Crippen LogP contribution is -2.13. The molecule has 0 aliphatic heterocycles. The van der Waals surface area contributed by atoms with E-state index in [4.69, 9.17) is 4.74 Å². The average molecular weight is 311 g/mol. The molecule has 7 heteroatoms. The molecule has 1 aromatic carbocycles. The summed E-state index contributed by atoms with van der Waals surface area (Å²) in [4.78, 5) is 22.3. The molecule has 0 saturated heterocycles. The number of aromatic nitrogens is 3. The molecule has 0 unspecified atom stereocenters. The number of methoxy groups -OCH3 is 1. The van der Waals surface area contributed by atoms with Gasteiger partial charge in [-0.25, -0.2) is 9.78 Å². The first-order valence-corrected chi connectivity index (χ1v) is 7.21. The van der Waals surface area contributed by atoms with Gasteiger partial charge in [0.2, 0.25) is 0 Å². The van der Waals surface area contributed by atoms with Crippen molar-refractivity contribution >= 4 is 28.2 Å². The van der Waals surface area contributed by atoms with Crippen molar-refractivity contribution in [1.29, 1.82) is 0 Å². The van der Waals surface area contributed by atoms with Gasteiger partial charge in [-0.2, -0.15) is 4.98 Å². The molecule has 3 N–H and O–H groups in total. The highest BCUT2D eigenvalue weighted by atomic mass is 16.5. The molecule has 3 rings (SSSR count). The predicted molar refractivity (Wildman–Crippen MR) is 90.2 cm³/mol. The number of aromatic amines is 1. The van der Waals surface area contributed by atoms with E-state index in [1.54, 1.807) is 19.4 Å². The molecule has 0 spiro atoms. The number of pyridine rings is 1. The third-order valence-corrected chi connectivity index (χ3v) is 3.28. The van der Waals surface area contributed by atoms with Gasteiger partial charge in [-0.3, -0.25) is 4.98 Å². The Morgan fingerprint density at radius 3 is 2.74 bits per heavy atom. The van der Waals surface area contributed by atoms with E-state index in [1.165, 1.54) is 0 Å². The van der Waals surface area contributed by atoms with E-state index in [2.05, 4.69) is 25.6 Å². The Balaban J connectivity index is 1.81. The van der Waals surface area contributed by atoms with Crippen LogP contribution in [0.3, 0.4) is 0 Å². The van der Waals surface area contributed by atoms with Crippen LogP contribution in [0.4, 0.5) is 17.2 Å². The number of fused-ring (bicyclic) bond motifs is 1. The molecule has 0 bridgehead atoms. The second-order valence-corrected chi connectivity index (χ2v) is 4.91.